The number of pyridine rings is 1. The third-order valence-electron chi connectivity index (χ3n) is 5.10. The molecule has 1 fully saturated rings. The Morgan fingerprint density at radius 3 is 2.58 bits per heavy atom. The fourth-order valence-corrected chi connectivity index (χ4v) is 3.59. The maximum atomic E-state index is 12.6. The number of amides is 2. The van der Waals surface area contributed by atoms with E-state index in [0.717, 1.165) is 11.3 Å². The van der Waals surface area contributed by atoms with Crippen LogP contribution < -0.4 is 10.1 Å². The van der Waals surface area contributed by atoms with Crippen molar-refractivity contribution < 1.29 is 14.3 Å². The van der Waals surface area contributed by atoms with Crippen molar-refractivity contribution >= 4 is 11.8 Å². The molecule has 6 nitrogen and oxygen atoms in total. The number of ether oxygens (including phenoxy) is 1. The summed E-state index contributed by atoms with van der Waals surface area (Å²) in [5, 5.41) is 3.10. The molecule has 4 rings (SSSR count). The van der Waals surface area contributed by atoms with E-state index >= 15 is 0 Å². The number of nitrogens with one attached hydrogen (secondary N) is 1. The highest BCUT2D eigenvalue weighted by Gasteiger charge is 2.31. The molecule has 0 spiro atoms. The van der Waals surface area contributed by atoms with Gasteiger partial charge in [-0.2, -0.15) is 0 Å². The highest BCUT2D eigenvalue weighted by molar-refractivity contribution is 5.94. The van der Waals surface area contributed by atoms with Gasteiger partial charge in [0, 0.05) is 42.5 Å². The normalized spacial score (nSPS) is 19.5. The molecule has 0 bridgehead atoms. The number of aromatic nitrogens is 1. The second kappa shape index (κ2) is 7.15. The van der Waals surface area contributed by atoms with Crippen molar-refractivity contribution in [1.29, 1.82) is 0 Å². The number of fused-ring (bicyclic) bond motifs is 1. The van der Waals surface area contributed by atoms with Crippen LogP contribution in [0.25, 0.3) is 0 Å². The van der Waals surface area contributed by atoms with Crippen LogP contribution >= 0.6 is 0 Å². The second-order valence-corrected chi connectivity index (χ2v) is 6.71. The highest BCUT2D eigenvalue weighted by atomic mass is 16.5. The first-order valence-corrected chi connectivity index (χ1v) is 8.94. The summed E-state index contributed by atoms with van der Waals surface area (Å²) in [5.74, 6) is 0.829. The molecule has 0 radical (unpaired) electrons. The van der Waals surface area contributed by atoms with Crippen molar-refractivity contribution in [2.24, 2.45) is 5.92 Å². The molecule has 6 heteroatoms. The van der Waals surface area contributed by atoms with Crippen LogP contribution in [0.1, 0.15) is 34.8 Å². The molecule has 2 aromatic rings. The van der Waals surface area contributed by atoms with Crippen molar-refractivity contribution in [3.05, 3.63) is 59.9 Å². The Balaban J connectivity index is 1.32. The number of carbonyl (C=O) groups is 2. The summed E-state index contributed by atoms with van der Waals surface area (Å²) in [5.41, 5.74) is 1.67. The lowest BCUT2D eigenvalue weighted by molar-refractivity contribution is -0.127. The Morgan fingerprint density at radius 1 is 1.08 bits per heavy atom. The van der Waals surface area contributed by atoms with E-state index in [0.29, 0.717) is 38.1 Å². The zero-order chi connectivity index (χ0) is 17.9. The number of para-hydroxylation sites is 1. The first-order valence-electron chi connectivity index (χ1n) is 8.94. The number of likely N-dealkylation sites (tertiary alicyclic amines) is 1. The summed E-state index contributed by atoms with van der Waals surface area (Å²) in [7, 11) is 0. The van der Waals surface area contributed by atoms with Gasteiger partial charge in [-0.05, 0) is 31.0 Å². The molecule has 3 heterocycles. The highest BCUT2D eigenvalue weighted by Crippen LogP contribution is 2.32. The molecular weight excluding hydrogens is 330 g/mol. The summed E-state index contributed by atoms with van der Waals surface area (Å²) in [4.78, 5) is 30.9. The number of nitrogens with zero attached hydrogens (tertiary/aromatic N) is 2. The number of carbonyl (C=O) groups excluding carboxylic acids is 2. The summed E-state index contributed by atoms with van der Waals surface area (Å²) >= 11 is 0. The van der Waals surface area contributed by atoms with Crippen LogP contribution in [0.15, 0.2) is 48.8 Å². The third kappa shape index (κ3) is 3.27. The Bertz CT molecular complexity index is 801. The van der Waals surface area contributed by atoms with Gasteiger partial charge in [-0.15, -0.1) is 0 Å². The summed E-state index contributed by atoms with van der Waals surface area (Å²) in [6.07, 6.45) is 4.60. The molecule has 26 heavy (non-hydrogen) atoms. The molecule has 2 aliphatic rings. The van der Waals surface area contributed by atoms with E-state index in [2.05, 4.69) is 10.3 Å². The van der Waals surface area contributed by atoms with Crippen LogP contribution in [-0.4, -0.2) is 41.4 Å². The van der Waals surface area contributed by atoms with E-state index in [1.165, 1.54) is 0 Å². The zero-order valence-corrected chi connectivity index (χ0v) is 14.4. The lowest BCUT2D eigenvalue weighted by Crippen LogP contribution is -2.43. The van der Waals surface area contributed by atoms with E-state index in [-0.39, 0.29) is 23.8 Å². The minimum Gasteiger partial charge on any atom is -0.491 e. The maximum Gasteiger partial charge on any atom is 0.253 e. The SMILES string of the molecule is O=C(NC1COc2ccccc21)C1CCN(C(=O)c2ccncc2)CC1. The molecule has 1 aromatic heterocycles. The lowest BCUT2D eigenvalue weighted by atomic mass is 9.94. The van der Waals surface area contributed by atoms with Gasteiger partial charge in [0.25, 0.3) is 5.91 Å². The Hall–Kier alpha value is -2.89. The smallest absolute Gasteiger partial charge is 0.253 e. The largest absolute Gasteiger partial charge is 0.491 e. The van der Waals surface area contributed by atoms with Crippen molar-refractivity contribution in [2.75, 3.05) is 19.7 Å². The van der Waals surface area contributed by atoms with Gasteiger partial charge in [0.1, 0.15) is 12.4 Å². The van der Waals surface area contributed by atoms with Gasteiger partial charge in [0.2, 0.25) is 5.91 Å². The fourth-order valence-electron chi connectivity index (χ4n) is 3.59. The molecule has 0 aliphatic carbocycles. The average Bonchev–Trinajstić information content (AvgIpc) is 3.11. The van der Waals surface area contributed by atoms with Gasteiger partial charge in [-0.25, -0.2) is 0 Å². The summed E-state index contributed by atoms with van der Waals surface area (Å²) in [6.45, 7) is 1.67. The molecule has 1 N–H and O–H groups in total. The number of hydrogen-bond donors (Lipinski definition) is 1. The molecule has 1 atom stereocenters. The standard InChI is InChI=1S/C20H21N3O3/c24-19(22-17-13-26-18-4-2-1-3-16(17)18)14-7-11-23(12-8-14)20(25)15-5-9-21-10-6-15/h1-6,9-10,14,17H,7-8,11-13H2,(H,22,24). The number of rotatable bonds is 3. The van der Waals surface area contributed by atoms with Gasteiger partial charge in [0.05, 0.1) is 6.04 Å². The lowest BCUT2D eigenvalue weighted by Gasteiger charge is -2.31. The predicted molar refractivity (Wildman–Crippen MR) is 95.7 cm³/mol. The van der Waals surface area contributed by atoms with Crippen molar-refractivity contribution in [3.63, 3.8) is 0 Å². The van der Waals surface area contributed by atoms with Crippen molar-refractivity contribution in [3.8, 4) is 5.75 Å². The van der Waals surface area contributed by atoms with E-state index in [9.17, 15) is 9.59 Å². The van der Waals surface area contributed by atoms with E-state index < -0.39 is 0 Å². The van der Waals surface area contributed by atoms with Gasteiger partial charge in [-0.3, -0.25) is 14.6 Å². The molecular formula is C20H21N3O3. The fraction of sp³-hybridized carbons (Fsp3) is 0.350. The van der Waals surface area contributed by atoms with Gasteiger partial charge in [0.15, 0.2) is 0 Å². The Labute approximate surface area is 152 Å². The molecule has 1 unspecified atom stereocenters. The number of piperidine rings is 1. The van der Waals surface area contributed by atoms with Gasteiger partial charge < -0.3 is 15.0 Å². The summed E-state index contributed by atoms with van der Waals surface area (Å²) in [6, 6.07) is 11.1. The van der Waals surface area contributed by atoms with Gasteiger partial charge >= 0.3 is 0 Å². The topological polar surface area (TPSA) is 71.5 Å². The monoisotopic (exact) mass is 351 g/mol. The van der Waals surface area contributed by atoms with Gasteiger partial charge in [-0.1, -0.05) is 18.2 Å². The minimum absolute atomic E-state index is 0.00405. The number of benzene rings is 1. The molecule has 1 aromatic carbocycles. The first-order chi connectivity index (χ1) is 12.7. The first kappa shape index (κ1) is 16.6. The van der Waals surface area contributed by atoms with Crippen LogP contribution in [0, 0.1) is 5.92 Å². The Morgan fingerprint density at radius 2 is 1.81 bits per heavy atom. The Kier molecular flexibility index (Phi) is 4.56. The molecule has 1 saturated heterocycles. The van der Waals surface area contributed by atoms with Crippen LogP contribution in [0.2, 0.25) is 0 Å². The van der Waals surface area contributed by atoms with Crippen molar-refractivity contribution in [2.45, 2.75) is 18.9 Å². The van der Waals surface area contributed by atoms with Crippen molar-refractivity contribution in [1.82, 2.24) is 15.2 Å². The number of hydrogen-bond acceptors (Lipinski definition) is 4. The third-order valence-corrected chi connectivity index (χ3v) is 5.10. The predicted octanol–water partition coefficient (Wildman–Crippen LogP) is 2.18. The van der Waals surface area contributed by atoms with E-state index in [4.69, 9.17) is 4.74 Å². The second-order valence-electron chi connectivity index (χ2n) is 6.71. The zero-order valence-electron chi connectivity index (χ0n) is 14.4. The molecule has 134 valence electrons. The molecule has 0 saturated carbocycles. The van der Waals surface area contributed by atoms with Crippen LogP contribution in [0.4, 0.5) is 0 Å². The summed E-state index contributed by atoms with van der Waals surface area (Å²) < 4.78 is 5.62. The van der Waals surface area contributed by atoms with Crippen LogP contribution in [0.3, 0.4) is 0 Å². The molecule has 2 amide bonds. The van der Waals surface area contributed by atoms with Crippen LogP contribution in [-0.2, 0) is 4.79 Å². The minimum atomic E-state index is -0.0878. The van der Waals surface area contributed by atoms with E-state index in [1.54, 1.807) is 24.5 Å². The molecule has 2 aliphatic heterocycles. The quantitative estimate of drug-likeness (QED) is 0.920. The van der Waals surface area contributed by atoms with E-state index in [1.807, 2.05) is 29.2 Å². The van der Waals surface area contributed by atoms with Crippen LogP contribution in [0.5, 0.6) is 5.75 Å². The maximum absolute atomic E-state index is 12.6. The average molecular weight is 351 g/mol.